The highest BCUT2D eigenvalue weighted by Gasteiger charge is 2.14. The molecule has 4 heteroatoms. The quantitative estimate of drug-likeness (QED) is 0.793. The third kappa shape index (κ3) is 2.02. The van der Waals surface area contributed by atoms with Crippen molar-refractivity contribution in [1.82, 2.24) is 9.97 Å². The van der Waals surface area contributed by atoms with Crippen molar-refractivity contribution < 1.29 is 4.79 Å². The summed E-state index contributed by atoms with van der Waals surface area (Å²) in [7, 11) is 0. The van der Waals surface area contributed by atoms with Gasteiger partial charge in [0.05, 0.1) is 6.20 Å². The molecule has 1 aromatic heterocycles. The minimum absolute atomic E-state index is 0.122. The zero-order valence-electron chi connectivity index (χ0n) is 8.64. The zero-order valence-corrected chi connectivity index (χ0v) is 10.2. The molecule has 80 valence electrons. The standard InChI is InChI=1S/C12H9BrN2O/c1-8-3-2-4-9(11(8)13)12(16)10-7-14-5-6-15-10/h2-7H,1H3. The molecule has 0 saturated carbocycles. The molecule has 0 fully saturated rings. The van der Waals surface area contributed by atoms with Crippen LogP contribution in [0.3, 0.4) is 0 Å². The molecule has 0 atom stereocenters. The van der Waals surface area contributed by atoms with Crippen LogP contribution in [0.4, 0.5) is 0 Å². The lowest BCUT2D eigenvalue weighted by Crippen LogP contribution is -2.05. The molecule has 0 spiro atoms. The third-order valence-electron chi connectivity index (χ3n) is 2.23. The summed E-state index contributed by atoms with van der Waals surface area (Å²) in [6.07, 6.45) is 4.52. The van der Waals surface area contributed by atoms with Crippen LogP contribution in [0.1, 0.15) is 21.6 Å². The first kappa shape index (κ1) is 11.0. The number of aryl methyl sites for hydroxylation is 1. The van der Waals surface area contributed by atoms with Gasteiger partial charge in [-0.1, -0.05) is 12.1 Å². The predicted molar refractivity (Wildman–Crippen MR) is 64.3 cm³/mol. The number of carbonyl (C=O) groups is 1. The molecule has 2 aromatic rings. The lowest BCUT2D eigenvalue weighted by atomic mass is 10.1. The second-order valence-corrected chi connectivity index (χ2v) is 4.15. The third-order valence-corrected chi connectivity index (χ3v) is 3.28. The Morgan fingerprint density at radius 1 is 1.31 bits per heavy atom. The van der Waals surface area contributed by atoms with E-state index in [9.17, 15) is 4.79 Å². The van der Waals surface area contributed by atoms with Crippen LogP contribution in [0.5, 0.6) is 0 Å². The summed E-state index contributed by atoms with van der Waals surface area (Å²) in [5.74, 6) is -0.122. The average Bonchev–Trinajstić information content (AvgIpc) is 2.33. The van der Waals surface area contributed by atoms with Crippen molar-refractivity contribution in [1.29, 1.82) is 0 Å². The first-order valence-corrected chi connectivity index (χ1v) is 5.55. The normalized spacial score (nSPS) is 10.1. The van der Waals surface area contributed by atoms with E-state index in [1.165, 1.54) is 12.4 Å². The van der Waals surface area contributed by atoms with Crippen molar-refractivity contribution in [2.24, 2.45) is 0 Å². The number of hydrogen-bond donors (Lipinski definition) is 0. The number of ketones is 1. The monoisotopic (exact) mass is 276 g/mol. The molecule has 0 bridgehead atoms. The van der Waals surface area contributed by atoms with E-state index in [4.69, 9.17) is 0 Å². The van der Waals surface area contributed by atoms with Crippen molar-refractivity contribution >= 4 is 21.7 Å². The van der Waals surface area contributed by atoms with E-state index in [1.54, 1.807) is 12.3 Å². The summed E-state index contributed by atoms with van der Waals surface area (Å²) < 4.78 is 0.811. The molecular formula is C12H9BrN2O. The Balaban J connectivity index is 2.46. The number of rotatable bonds is 2. The van der Waals surface area contributed by atoms with Crippen molar-refractivity contribution in [2.75, 3.05) is 0 Å². The number of benzene rings is 1. The van der Waals surface area contributed by atoms with E-state index in [2.05, 4.69) is 25.9 Å². The van der Waals surface area contributed by atoms with Gasteiger partial charge in [-0.2, -0.15) is 0 Å². The molecule has 0 aliphatic rings. The van der Waals surface area contributed by atoms with Gasteiger partial charge in [-0.3, -0.25) is 9.78 Å². The van der Waals surface area contributed by atoms with Gasteiger partial charge in [0.1, 0.15) is 5.69 Å². The molecular weight excluding hydrogens is 268 g/mol. The molecule has 16 heavy (non-hydrogen) atoms. The SMILES string of the molecule is Cc1cccc(C(=O)c2cnccn2)c1Br. The van der Waals surface area contributed by atoms with Gasteiger partial charge in [-0.15, -0.1) is 0 Å². The zero-order chi connectivity index (χ0) is 11.5. The molecule has 2 rings (SSSR count). The number of hydrogen-bond acceptors (Lipinski definition) is 3. The maximum atomic E-state index is 12.1. The second kappa shape index (κ2) is 4.53. The maximum absolute atomic E-state index is 12.1. The van der Waals surface area contributed by atoms with Crippen LogP contribution in [-0.2, 0) is 0 Å². The molecule has 0 aliphatic carbocycles. The molecule has 1 aromatic carbocycles. The molecule has 0 saturated heterocycles. The van der Waals surface area contributed by atoms with Gasteiger partial charge < -0.3 is 0 Å². The molecule has 0 unspecified atom stereocenters. The summed E-state index contributed by atoms with van der Waals surface area (Å²) in [5.41, 5.74) is 1.99. The number of carbonyl (C=O) groups excluding carboxylic acids is 1. The second-order valence-electron chi connectivity index (χ2n) is 3.36. The Kier molecular flexibility index (Phi) is 3.10. The molecule has 0 aliphatic heterocycles. The Morgan fingerprint density at radius 3 is 2.81 bits per heavy atom. The highest BCUT2D eigenvalue weighted by molar-refractivity contribution is 9.10. The van der Waals surface area contributed by atoms with Gasteiger partial charge in [0.2, 0.25) is 5.78 Å². The number of halogens is 1. The van der Waals surface area contributed by atoms with Crippen LogP contribution < -0.4 is 0 Å². The first-order valence-electron chi connectivity index (χ1n) is 4.76. The first-order chi connectivity index (χ1) is 7.70. The Morgan fingerprint density at radius 2 is 2.12 bits per heavy atom. The minimum atomic E-state index is -0.122. The van der Waals surface area contributed by atoms with Crippen molar-refractivity contribution in [3.63, 3.8) is 0 Å². The Labute approximate surface area is 102 Å². The summed E-state index contributed by atoms with van der Waals surface area (Å²) >= 11 is 3.41. The van der Waals surface area contributed by atoms with E-state index >= 15 is 0 Å². The Bertz CT molecular complexity index is 526. The largest absolute Gasteiger partial charge is 0.287 e. The molecule has 0 N–H and O–H groups in total. The van der Waals surface area contributed by atoms with Crippen LogP contribution >= 0.6 is 15.9 Å². The van der Waals surface area contributed by atoms with Crippen LogP contribution in [-0.4, -0.2) is 15.8 Å². The minimum Gasteiger partial charge on any atom is -0.287 e. The van der Waals surface area contributed by atoms with Crippen molar-refractivity contribution in [3.05, 3.63) is 58.1 Å². The van der Waals surface area contributed by atoms with Crippen LogP contribution in [0.2, 0.25) is 0 Å². The highest BCUT2D eigenvalue weighted by Crippen LogP contribution is 2.22. The van der Waals surface area contributed by atoms with Gasteiger partial charge in [0.25, 0.3) is 0 Å². The number of nitrogens with zero attached hydrogens (tertiary/aromatic N) is 2. The topological polar surface area (TPSA) is 42.9 Å². The van der Waals surface area contributed by atoms with Crippen molar-refractivity contribution in [3.8, 4) is 0 Å². The summed E-state index contributed by atoms with van der Waals surface area (Å²) in [4.78, 5) is 20.0. The summed E-state index contributed by atoms with van der Waals surface area (Å²) in [6, 6.07) is 5.56. The molecule has 0 radical (unpaired) electrons. The lowest BCUT2D eigenvalue weighted by Gasteiger charge is -2.04. The summed E-state index contributed by atoms with van der Waals surface area (Å²) in [5, 5.41) is 0. The average molecular weight is 277 g/mol. The van der Waals surface area contributed by atoms with Gasteiger partial charge in [0.15, 0.2) is 0 Å². The molecule has 1 heterocycles. The fourth-order valence-corrected chi connectivity index (χ4v) is 1.82. The van der Waals surface area contributed by atoms with Gasteiger partial charge in [-0.25, -0.2) is 4.98 Å². The molecule has 3 nitrogen and oxygen atoms in total. The van der Waals surface area contributed by atoms with E-state index in [-0.39, 0.29) is 5.78 Å². The van der Waals surface area contributed by atoms with E-state index in [0.29, 0.717) is 11.3 Å². The number of aromatic nitrogens is 2. The fourth-order valence-electron chi connectivity index (χ4n) is 1.38. The smallest absolute Gasteiger partial charge is 0.214 e. The van der Waals surface area contributed by atoms with Gasteiger partial charge in [0, 0.05) is 22.4 Å². The van der Waals surface area contributed by atoms with Gasteiger partial charge >= 0.3 is 0 Å². The van der Waals surface area contributed by atoms with Gasteiger partial charge in [-0.05, 0) is 34.5 Å². The van der Waals surface area contributed by atoms with E-state index in [0.717, 1.165) is 10.0 Å². The lowest BCUT2D eigenvalue weighted by molar-refractivity contribution is 0.103. The van der Waals surface area contributed by atoms with Crippen LogP contribution in [0.15, 0.2) is 41.3 Å². The predicted octanol–water partition coefficient (Wildman–Crippen LogP) is 2.78. The van der Waals surface area contributed by atoms with Crippen LogP contribution in [0, 0.1) is 6.92 Å². The van der Waals surface area contributed by atoms with Crippen molar-refractivity contribution in [2.45, 2.75) is 6.92 Å². The van der Waals surface area contributed by atoms with E-state index in [1.807, 2.05) is 19.1 Å². The maximum Gasteiger partial charge on any atom is 0.214 e. The van der Waals surface area contributed by atoms with Crippen LogP contribution in [0.25, 0.3) is 0 Å². The van der Waals surface area contributed by atoms with E-state index < -0.39 is 0 Å². The Hall–Kier alpha value is -1.55. The highest BCUT2D eigenvalue weighted by atomic mass is 79.9. The fraction of sp³-hybridized carbons (Fsp3) is 0.0833. The summed E-state index contributed by atoms with van der Waals surface area (Å²) in [6.45, 7) is 1.94. The molecule has 0 amide bonds.